The molecule has 1 fully saturated rings. The van der Waals surface area contributed by atoms with Gasteiger partial charge in [0.15, 0.2) is 15.5 Å². The number of sulfone groups is 1. The summed E-state index contributed by atoms with van der Waals surface area (Å²) in [5, 5.41) is 12.3. The first-order chi connectivity index (χ1) is 15.4. The van der Waals surface area contributed by atoms with Crippen LogP contribution in [0.2, 0.25) is 0 Å². The standard InChI is InChI=1S/C22H25N7O2S/c1-27-12-9-18(10-13-27)29-15-17(14-23-29)24-22-25-21-20(4-3-11-28(21)26-22)16-5-7-19(8-6-16)32(2,30)31/h3-8,11,14-15,18H,9-10,12-13H2,1-2H3,(H,24,26). The molecule has 1 aliphatic rings. The second-order valence-corrected chi connectivity index (χ2v) is 10.3. The van der Waals surface area contributed by atoms with E-state index < -0.39 is 9.84 Å². The Bertz CT molecular complexity index is 1350. The van der Waals surface area contributed by atoms with Gasteiger partial charge in [-0.15, -0.1) is 5.10 Å². The van der Waals surface area contributed by atoms with Crippen molar-refractivity contribution in [2.75, 3.05) is 31.7 Å². The predicted molar refractivity (Wildman–Crippen MR) is 123 cm³/mol. The molecule has 1 N–H and O–H groups in total. The number of anilines is 2. The smallest absolute Gasteiger partial charge is 0.247 e. The molecule has 4 aromatic rings. The number of pyridine rings is 1. The van der Waals surface area contributed by atoms with Gasteiger partial charge in [0.2, 0.25) is 5.95 Å². The van der Waals surface area contributed by atoms with Gasteiger partial charge in [0, 0.05) is 24.2 Å². The first-order valence-electron chi connectivity index (χ1n) is 10.5. The van der Waals surface area contributed by atoms with Crippen molar-refractivity contribution in [3.05, 3.63) is 55.0 Å². The Kier molecular flexibility index (Phi) is 5.18. The van der Waals surface area contributed by atoms with Crippen LogP contribution in [-0.2, 0) is 9.84 Å². The molecule has 0 aliphatic carbocycles. The fourth-order valence-corrected chi connectivity index (χ4v) is 4.69. The molecule has 0 radical (unpaired) electrons. The van der Waals surface area contributed by atoms with Gasteiger partial charge < -0.3 is 10.2 Å². The van der Waals surface area contributed by atoms with E-state index in [0.29, 0.717) is 22.5 Å². The summed E-state index contributed by atoms with van der Waals surface area (Å²) < 4.78 is 27.2. The lowest BCUT2D eigenvalue weighted by Crippen LogP contribution is -2.31. The van der Waals surface area contributed by atoms with E-state index >= 15 is 0 Å². The van der Waals surface area contributed by atoms with Gasteiger partial charge in [-0.05, 0) is 62.8 Å². The van der Waals surface area contributed by atoms with E-state index in [1.807, 2.05) is 29.2 Å². The second-order valence-electron chi connectivity index (χ2n) is 8.29. The van der Waals surface area contributed by atoms with Crippen molar-refractivity contribution in [2.45, 2.75) is 23.8 Å². The van der Waals surface area contributed by atoms with Gasteiger partial charge in [-0.25, -0.2) is 12.9 Å². The van der Waals surface area contributed by atoms with Crippen LogP contribution in [0, 0.1) is 0 Å². The molecule has 0 spiro atoms. The lowest BCUT2D eigenvalue weighted by molar-refractivity contribution is 0.212. The summed E-state index contributed by atoms with van der Waals surface area (Å²) in [6, 6.07) is 11.1. The van der Waals surface area contributed by atoms with Crippen molar-refractivity contribution in [1.82, 2.24) is 29.3 Å². The molecule has 0 atom stereocenters. The minimum Gasteiger partial charge on any atom is -0.320 e. The van der Waals surface area contributed by atoms with Crippen LogP contribution >= 0.6 is 0 Å². The number of nitrogens with one attached hydrogen (secondary N) is 1. The van der Waals surface area contributed by atoms with Crippen molar-refractivity contribution in [2.24, 2.45) is 0 Å². The van der Waals surface area contributed by atoms with Crippen LogP contribution in [-0.4, -0.2) is 64.1 Å². The summed E-state index contributed by atoms with van der Waals surface area (Å²) in [5.74, 6) is 0.480. The number of fused-ring (bicyclic) bond motifs is 1. The van der Waals surface area contributed by atoms with Gasteiger partial charge in [0.05, 0.1) is 22.8 Å². The van der Waals surface area contributed by atoms with E-state index in [1.165, 1.54) is 6.26 Å². The van der Waals surface area contributed by atoms with E-state index in [1.54, 1.807) is 35.0 Å². The zero-order chi connectivity index (χ0) is 22.3. The van der Waals surface area contributed by atoms with Crippen molar-refractivity contribution < 1.29 is 8.42 Å². The molecule has 10 heteroatoms. The largest absolute Gasteiger partial charge is 0.320 e. The maximum atomic E-state index is 11.7. The van der Waals surface area contributed by atoms with Crippen LogP contribution in [0.1, 0.15) is 18.9 Å². The molecule has 1 aromatic carbocycles. The Balaban J connectivity index is 1.39. The third-order valence-electron chi connectivity index (χ3n) is 5.88. The maximum absolute atomic E-state index is 11.7. The van der Waals surface area contributed by atoms with E-state index in [2.05, 4.69) is 32.4 Å². The topological polar surface area (TPSA) is 97.4 Å². The molecule has 4 heterocycles. The zero-order valence-corrected chi connectivity index (χ0v) is 18.8. The highest BCUT2D eigenvalue weighted by molar-refractivity contribution is 7.90. The number of piperidine rings is 1. The first-order valence-corrected chi connectivity index (χ1v) is 12.4. The van der Waals surface area contributed by atoms with Crippen LogP contribution in [0.5, 0.6) is 0 Å². The second kappa shape index (κ2) is 8.03. The normalized spacial score (nSPS) is 15.9. The summed E-state index contributed by atoms with van der Waals surface area (Å²) in [5.41, 5.74) is 3.27. The number of hydrogen-bond donors (Lipinski definition) is 1. The zero-order valence-electron chi connectivity index (χ0n) is 18.0. The molecule has 0 bridgehead atoms. The van der Waals surface area contributed by atoms with E-state index in [4.69, 9.17) is 0 Å². The maximum Gasteiger partial charge on any atom is 0.247 e. The molecule has 166 valence electrons. The molecule has 1 aliphatic heterocycles. The van der Waals surface area contributed by atoms with Gasteiger partial charge in [0.1, 0.15) is 0 Å². The Morgan fingerprint density at radius 1 is 1.09 bits per heavy atom. The first kappa shape index (κ1) is 20.7. The SMILES string of the molecule is CN1CCC(n2cc(Nc3nc4c(-c5ccc(S(C)(=O)=O)cc5)cccn4n3)cn2)CC1. The third kappa shape index (κ3) is 4.11. The predicted octanol–water partition coefficient (Wildman–Crippen LogP) is 3.01. The monoisotopic (exact) mass is 451 g/mol. The summed E-state index contributed by atoms with van der Waals surface area (Å²) in [6.45, 7) is 2.16. The number of rotatable bonds is 5. The van der Waals surface area contributed by atoms with Crippen LogP contribution in [0.15, 0.2) is 59.9 Å². The highest BCUT2D eigenvalue weighted by Crippen LogP contribution is 2.27. The number of hydrogen-bond acceptors (Lipinski definition) is 7. The van der Waals surface area contributed by atoms with Crippen LogP contribution < -0.4 is 5.32 Å². The average molecular weight is 452 g/mol. The minimum absolute atomic E-state index is 0.290. The summed E-state index contributed by atoms with van der Waals surface area (Å²) in [6.07, 6.45) is 9.02. The van der Waals surface area contributed by atoms with Crippen molar-refractivity contribution in [3.63, 3.8) is 0 Å². The van der Waals surface area contributed by atoms with Crippen molar-refractivity contribution in [3.8, 4) is 11.1 Å². The Labute approximate surface area is 186 Å². The highest BCUT2D eigenvalue weighted by Gasteiger charge is 2.19. The third-order valence-corrected chi connectivity index (χ3v) is 7.00. The van der Waals surface area contributed by atoms with Gasteiger partial charge >= 0.3 is 0 Å². The molecule has 5 rings (SSSR count). The molecular weight excluding hydrogens is 426 g/mol. The number of benzene rings is 1. The van der Waals surface area contributed by atoms with Crippen LogP contribution in [0.3, 0.4) is 0 Å². The molecule has 0 amide bonds. The quantitative estimate of drug-likeness (QED) is 0.498. The lowest BCUT2D eigenvalue weighted by Gasteiger charge is -2.28. The van der Waals surface area contributed by atoms with Crippen molar-refractivity contribution in [1.29, 1.82) is 0 Å². The van der Waals surface area contributed by atoms with Gasteiger partial charge in [-0.2, -0.15) is 10.1 Å². The average Bonchev–Trinajstić information content (AvgIpc) is 3.40. The van der Waals surface area contributed by atoms with Gasteiger partial charge in [0.25, 0.3) is 0 Å². The molecule has 0 saturated carbocycles. The summed E-state index contributed by atoms with van der Waals surface area (Å²) in [4.78, 5) is 7.30. The lowest BCUT2D eigenvalue weighted by atomic mass is 10.1. The summed E-state index contributed by atoms with van der Waals surface area (Å²) in [7, 11) is -1.09. The number of aromatic nitrogens is 5. The molecule has 32 heavy (non-hydrogen) atoms. The van der Waals surface area contributed by atoms with E-state index in [-0.39, 0.29) is 0 Å². The number of nitrogens with zero attached hydrogens (tertiary/aromatic N) is 6. The van der Waals surface area contributed by atoms with Gasteiger partial charge in [-0.1, -0.05) is 12.1 Å². The van der Waals surface area contributed by atoms with Crippen LogP contribution in [0.4, 0.5) is 11.6 Å². The molecule has 1 saturated heterocycles. The molecule has 3 aromatic heterocycles. The molecule has 0 unspecified atom stereocenters. The minimum atomic E-state index is -3.24. The highest BCUT2D eigenvalue weighted by atomic mass is 32.2. The van der Waals surface area contributed by atoms with Crippen LogP contribution in [0.25, 0.3) is 16.8 Å². The Morgan fingerprint density at radius 2 is 1.84 bits per heavy atom. The van der Waals surface area contributed by atoms with Gasteiger partial charge in [-0.3, -0.25) is 4.68 Å². The molecule has 9 nitrogen and oxygen atoms in total. The fraction of sp³-hybridized carbons (Fsp3) is 0.318. The van der Waals surface area contributed by atoms with E-state index in [9.17, 15) is 8.42 Å². The van der Waals surface area contributed by atoms with Crippen molar-refractivity contribution >= 4 is 27.1 Å². The van der Waals surface area contributed by atoms with E-state index in [0.717, 1.165) is 42.7 Å². The number of likely N-dealkylation sites (tertiary alicyclic amines) is 1. The molecular formula is C22H25N7O2S. The Hall–Kier alpha value is -3.24. The fourth-order valence-electron chi connectivity index (χ4n) is 4.06. The summed E-state index contributed by atoms with van der Waals surface area (Å²) >= 11 is 0. The Morgan fingerprint density at radius 3 is 2.56 bits per heavy atom.